The van der Waals surface area contributed by atoms with Crippen LogP contribution in [0.5, 0.6) is 0 Å². The molecule has 1 aromatic rings. The van der Waals surface area contributed by atoms with Crippen molar-refractivity contribution >= 4 is 5.91 Å². The van der Waals surface area contributed by atoms with Gasteiger partial charge < -0.3 is 4.90 Å². The molecule has 1 saturated heterocycles. The van der Waals surface area contributed by atoms with Crippen LogP contribution >= 0.6 is 0 Å². The number of carbonyl (C=O) groups excluding carboxylic acids is 1. The average molecular weight is 305 g/mol. The first-order valence-electron chi connectivity index (χ1n) is 8.11. The van der Waals surface area contributed by atoms with E-state index in [1.807, 2.05) is 24.1 Å². The fourth-order valence-electron chi connectivity index (χ4n) is 3.11. The first-order chi connectivity index (χ1) is 10.6. The van der Waals surface area contributed by atoms with Crippen molar-refractivity contribution in [2.75, 3.05) is 20.1 Å². The van der Waals surface area contributed by atoms with E-state index in [1.165, 1.54) is 25.0 Å². The summed E-state index contributed by atoms with van der Waals surface area (Å²) in [6.45, 7) is 1.52. The lowest BCUT2D eigenvalue weighted by Gasteiger charge is -2.25. The molecule has 120 valence electrons. The Morgan fingerprint density at radius 1 is 1.32 bits per heavy atom. The van der Waals surface area contributed by atoms with Gasteiger partial charge in [0.1, 0.15) is 5.82 Å². The molecule has 1 amide bonds. The summed E-state index contributed by atoms with van der Waals surface area (Å²) in [5, 5.41) is 0. The average Bonchev–Trinajstić information content (AvgIpc) is 3.24. The third-order valence-electron chi connectivity index (χ3n) is 4.72. The molecule has 0 aromatic heterocycles. The molecule has 4 nitrogen and oxygen atoms in total. The second kappa shape index (κ2) is 6.75. The highest BCUT2D eigenvalue weighted by molar-refractivity contribution is 5.75. The summed E-state index contributed by atoms with van der Waals surface area (Å²) >= 11 is 0. The van der Waals surface area contributed by atoms with Gasteiger partial charge in [0.25, 0.3) is 0 Å². The van der Waals surface area contributed by atoms with Crippen molar-refractivity contribution in [1.29, 1.82) is 0 Å². The van der Waals surface area contributed by atoms with Crippen molar-refractivity contribution in [3.05, 3.63) is 35.6 Å². The smallest absolute Gasteiger partial charge is 0.222 e. The molecule has 2 aliphatic rings. The highest BCUT2D eigenvalue weighted by Gasteiger charge is 2.30. The molecule has 1 heterocycles. The lowest BCUT2D eigenvalue weighted by Crippen LogP contribution is -2.34. The lowest BCUT2D eigenvalue weighted by molar-refractivity contribution is -0.130. The minimum Gasteiger partial charge on any atom is -0.345 e. The van der Waals surface area contributed by atoms with Crippen molar-refractivity contribution in [1.82, 2.24) is 15.8 Å². The second-order valence-electron chi connectivity index (χ2n) is 6.57. The van der Waals surface area contributed by atoms with Crippen LogP contribution in [0.4, 0.5) is 4.39 Å². The van der Waals surface area contributed by atoms with Gasteiger partial charge in [0.2, 0.25) is 5.91 Å². The minimum atomic E-state index is -0.223. The zero-order valence-electron chi connectivity index (χ0n) is 13.0. The Balaban J connectivity index is 1.55. The molecule has 2 unspecified atom stereocenters. The number of nitrogens with zero attached hydrogens (tertiary/aromatic N) is 1. The SMILES string of the molecule is CN(CC1CNNC1c1ccc(F)cc1)C(=O)CCC1CC1. The Labute approximate surface area is 131 Å². The Kier molecular flexibility index (Phi) is 4.74. The second-order valence-corrected chi connectivity index (χ2v) is 6.57. The molecule has 2 atom stereocenters. The van der Waals surface area contributed by atoms with Gasteiger partial charge in [0, 0.05) is 32.5 Å². The Hall–Kier alpha value is -1.46. The number of amides is 1. The maximum atomic E-state index is 13.1. The first-order valence-corrected chi connectivity index (χ1v) is 8.11. The zero-order valence-corrected chi connectivity index (χ0v) is 13.0. The molecule has 1 aliphatic heterocycles. The molecule has 0 radical (unpaired) electrons. The van der Waals surface area contributed by atoms with Crippen LogP contribution in [0.3, 0.4) is 0 Å². The van der Waals surface area contributed by atoms with Crippen LogP contribution < -0.4 is 10.9 Å². The van der Waals surface area contributed by atoms with E-state index >= 15 is 0 Å². The number of hydrogen-bond donors (Lipinski definition) is 2. The Bertz CT molecular complexity index is 515. The molecular formula is C17H24FN3O. The molecule has 1 aliphatic carbocycles. The van der Waals surface area contributed by atoms with Crippen LogP contribution in [0, 0.1) is 17.7 Å². The van der Waals surface area contributed by atoms with E-state index in [2.05, 4.69) is 10.9 Å². The van der Waals surface area contributed by atoms with E-state index in [4.69, 9.17) is 0 Å². The van der Waals surface area contributed by atoms with Gasteiger partial charge in [-0.2, -0.15) is 0 Å². The predicted molar refractivity (Wildman–Crippen MR) is 83.4 cm³/mol. The van der Waals surface area contributed by atoms with Crippen LogP contribution in [0.25, 0.3) is 0 Å². The third kappa shape index (κ3) is 3.84. The van der Waals surface area contributed by atoms with Gasteiger partial charge in [-0.3, -0.25) is 10.2 Å². The molecule has 2 N–H and O–H groups in total. The summed E-state index contributed by atoms with van der Waals surface area (Å²) in [6, 6.07) is 6.69. The number of hydrogen-bond acceptors (Lipinski definition) is 3. The third-order valence-corrected chi connectivity index (χ3v) is 4.72. The van der Waals surface area contributed by atoms with Crippen molar-refractivity contribution in [3.8, 4) is 0 Å². The number of nitrogens with one attached hydrogen (secondary N) is 2. The molecule has 1 aromatic carbocycles. The van der Waals surface area contributed by atoms with Crippen LogP contribution in [0.2, 0.25) is 0 Å². The standard InChI is InChI=1S/C17H24FN3O/c1-21(16(22)9-4-12-2-3-12)11-14-10-19-20-17(14)13-5-7-15(18)8-6-13/h5-8,12,14,17,19-20H,2-4,9-11H2,1H3. The summed E-state index contributed by atoms with van der Waals surface area (Å²) in [5.41, 5.74) is 7.45. The number of rotatable bonds is 6. The largest absolute Gasteiger partial charge is 0.345 e. The Morgan fingerprint density at radius 3 is 2.73 bits per heavy atom. The first kappa shape index (κ1) is 15.4. The van der Waals surface area contributed by atoms with Gasteiger partial charge in [-0.1, -0.05) is 25.0 Å². The summed E-state index contributed by atoms with van der Waals surface area (Å²) < 4.78 is 13.1. The quantitative estimate of drug-likeness (QED) is 0.847. The lowest BCUT2D eigenvalue weighted by atomic mass is 9.94. The molecule has 5 heteroatoms. The van der Waals surface area contributed by atoms with E-state index in [0.29, 0.717) is 18.9 Å². The number of halogens is 1. The minimum absolute atomic E-state index is 0.110. The molecule has 0 bridgehead atoms. The molecule has 22 heavy (non-hydrogen) atoms. The monoisotopic (exact) mass is 305 g/mol. The van der Waals surface area contributed by atoms with Gasteiger partial charge in [0.15, 0.2) is 0 Å². The van der Waals surface area contributed by atoms with Crippen molar-refractivity contribution in [3.63, 3.8) is 0 Å². The van der Waals surface area contributed by atoms with E-state index in [1.54, 1.807) is 0 Å². The van der Waals surface area contributed by atoms with Gasteiger partial charge >= 0.3 is 0 Å². The fraction of sp³-hybridized carbons (Fsp3) is 0.588. The highest BCUT2D eigenvalue weighted by Crippen LogP contribution is 2.33. The van der Waals surface area contributed by atoms with E-state index < -0.39 is 0 Å². The molecule has 0 spiro atoms. The summed E-state index contributed by atoms with van der Waals surface area (Å²) in [5.74, 6) is 1.09. The van der Waals surface area contributed by atoms with Crippen molar-refractivity contribution < 1.29 is 9.18 Å². The molecule has 1 saturated carbocycles. The number of carbonyl (C=O) groups is 1. The van der Waals surface area contributed by atoms with Gasteiger partial charge in [0.05, 0.1) is 6.04 Å². The van der Waals surface area contributed by atoms with E-state index in [0.717, 1.165) is 24.4 Å². The van der Waals surface area contributed by atoms with Gasteiger partial charge in [-0.05, 0) is 30.0 Å². The molecule has 2 fully saturated rings. The molecule has 3 rings (SSSR count). The zero-order chi connectivity index (χ0) is 15.5. The normalized spacial score (nSPS) is 24.5. The van der Waals surface area contributed by atoms with Crippen molar-refractivity contribution in [2.24, 2.45) is 11.8 Å². The van der Waals surface area contributed by atoms with Crippen LogP contribution in [-0.4, -0.2) is 30.9 Å². The number of benzene rings is 1. The van der Waals surface area contributed by atoms with E-state index in [-0.39, 0.29) is 17.8 Å². The topological polar surface area (TPSA) is 44.4 Å². The van der Waals surface area contributed by atoms with Crippen LogP contribution in [-0.2, 0) is 4.79 Å². The fourth-order valence-corrected chi connectivity index (χ4v) is 3.11. The van der Waals surface area contributed by atoms with Crippen LogP contribution in [0.1, 0.15) is 37.3 Å². The summed E-state index contributed by atoms with van der Waals surface area (Å²) in [6.07, 6.45) is 4.28. The van der Waals surface area contributed by atoms with E-state index in [9.17, 15) is 9.18 Å². The van der Waals surface area contributed by atoms with Crippen LogP contribution in [0.15, 0.2) is 24.3 Å². The predicted octanol–water partition coefficient (Wildman–Crippen LogP) is 2.24. The highest BCUT2D eigenvalue weighted by atomic mass is 19.1. The van der Waals surface area contributed by atoms with Gasteiger partial charge in [-0.15, -0.1) is 0 Å². The Morgan fingerprint density at radius 2 is 2.05 bits per heavy atom. The number of hydrazine groups is 1. The molecular weight excluding hydrogens is 281 g/mol. The maximum Gasteiger partial charge on any atom is 0.222 e. The van der Waals surface area contributed by atoms with Crippen molar-refractivity contribution in [2.45, 2.75) is 31.7 Å². The maximum absolute atomic E-state index is 13.1. The van der Waals surface area contributed by atoms with Gasteiger partial charge in [-0.25, -0.2) is 9.82 Å². The summed E-state index contributed by atoms with van der Waals surface area (Å²) in [7, 11) is 1.88. The summed E-state index contributed by atoms with van der Waals surface area (Å²) in [4.78, 5) is 14.0.